The van der Waals surface area contributed by atoms with Crippen molar-refractivity contribution in [1.29, 1.82) is 0 Å². The fraction of sp³-hybridized carbons (Fsp3) is 0.440. The lowest BCUT2D eigenvalue weighted by molar-refractivity contribution is -0.113. The molecule has 8 nitrogen and oxygen atoms in total. The minimum atomic E-state index is -0.428. The molecular weight excluding hydrogens is 484 g/mol. The van der Waals surface area contributed by atoms with Gasteiger partial charge in [0.05, 0.1) is 17.9 Å². The van der Waals surface area contributed by atoms with Crippen LogP contribution < -0.4 is 10.1 Å². The summed E-state index contributed by atoms with van der Waals surface area (Å²) in [6.07, 6.45) is -0.315. The van der Waals surface area contributed by atoms with E-state index in [-0.39, 0.29) is 24.4 Å². The van der Waals surface area contributed by atoms with Gasteiger partial charge in [-0.2, -0.15) is 0 Å². The molecular formula is C25H32N4O4S2. The highest BCUT2D eigenvalue weighted by Gasteiger charge is 2.23. The third-order valence-electron chi connectivity index (χ3n) is 5.54. The van der Waals surface area contributed by atoms with E-state index in [4.69, 9.17) is 9.47 Å². The molecule has 3 rings (SSSR count). The first-order valence-electron chi connectivity index (χ1n) is 11.5. The van der Waals surface area contributed by atoms with Gasteiger partial charge in [0.1, 0.15) is 10.8 Å². The number of hydrogen-bond acceptors (Lipinski definition) is 8. The largest absolute Gasteiger partial charge is 0.483 e. The number of thioether (sulfide) groups is 1. The summed E-state index contributed by atoms with van der Waals surface area (Å²) in [5.74, 6) is 1.34. The zero-order valence-electron chi connectivity index (χ0n) is 21.2. The Kier molecular flexibility index (Phi) is 8.96. The summed E-state index contributed by atoms with van der Waals surface area (Å²) in [5, 5.41) is 12.5. The number of thiophene rings is 1. The number of aromatic nitrogens is 3. The summed E-state index contributed by atoms with van der Waals surface area (Å²) in [4.78, 5) is 26.0. The Morgan fingerprint density at radius 3 is 2.46 bits per heavy atom. The van der Waals surface area contributed by atoms with Crippen molar-refractivity contribution < 1.29 is 19.1 Å². The van der Waals surface area contributed by atoms with Crippen molar-refractivity contribution in [3.05, 3.63) is 51.7 Å². The molecule has 0 spiro atoms. The molecule has 0 aliphatic rings. The Labute approximate surface area is 214 Å². The van der Waals surface area contributed by atoms with Crippen molar-refractivity contribution in [2.75, 3.05) is 17.7 Å². The highest BCUT2D eigenvalue weighted by molar-refractivity contribution is 7.99. The fourth-order valence-corrected chi connectivity index (χ4v) is 5.23. The Balaban J connectivity index is 1.61. The van der Waals surface area contributed by atoms with E-state index in [1.165, 1.54) is 28.7 Å². The molecule has 1 N–H and O–H groups in total. The Morgan fingerprint density at radius 2 is 1.83 bits per heavy atom. The molecule has 10 heteroatoms. The van der Waals surface area contributed by atoms with Crippen molar-refractivity contribution >= 4 is 40.0 Å². The predicted octanol–water partition coefficient (Wildman–Crippen LogP) is 5.66. The molecule has 1 atom stereocenters. The molecule has 0 bridgehead atoms. The fourth-order valence-electron chi connectivity index (χ4n) is 3.45. The number of amides is 1. The van der Waals surface area contributed by atoms with Crippen LogP contribution in [0, 0.1) is 13.8 Å². The molecule has 0 saturated heterocycles. The van der Waals surface area contributed by atoms with Crippen molar-refractivity contribution in [2.24, 2.45) is 7.05 Å². The summed E-state index contributed by atoms with van der Waals surface area (Å²) < 4.78 is 13.0. The van der Waals surface area contributed by atoms with E-state index in [2.05, 4.69) is 41.5 Å². The Hall–Kier alpha value is -2.85. The number of hydrogen-bond donors (Lipinski definition) is 1. The van der Waals surface area contributed by atoms with Crippen molar-refractivity contribution in [1.82, 2.24) is 14.8 Å². The SMILES string of the molecule is CCOC(=O)c1c(NC(=O)CSc2nnc(C(C)Oc3ccc(C(C)C)cc3)n2C)sc(C)c1C. The van der Waals surface area contributed by atoms with E-state index in [0.717, 1.165) is 16.2 Å². The molecule has 0 radical (unpaired) electrons. The van der Waals surface area contributed by atoms with Crippen LogP contribution in [0.25, 0.3) is 0 Å². The molecule has 1 aromatic carbocycles. The van der Waals surface area contributed by atoms with Crippen LogP contribution in [0.5, 0.6) is 5.75 Å². The monoisotopic (exact) mass is 516 g/mol. The number of aryl methyl sites for hydroxylation is 1. The number of carbonyl (C=O) groups excluding carboxylic acids is 2. The summed E-state index contributed by atoms with van der Waals surface area (Å²) in [5.41, 5.74) is 2.49. The second-order valence-electron chi connectivity index (χ2n) is 8.43. The molecule has 1 unspecified atom stereocenters. The van der Waals surface area contributed by atoms with E-state index in [1.807, 2.05) is 44.5 Å². The van der Waals surface area contributed by atoms with Gasteiger partial charge in [-0.1, -0.05) is 37.7 Å². The maximum atomic E-state index is 12.6. The molecule has 0 fully saturated rings. The van der Waals surface area contributed by atoms with Crippen LogP contribution in [0.3, 0.4) is 0 Å². The molecule has 0 aliphatic carbocycles. The maximum Gasteiger partial charge on any atom is 0.341 e. The third-order valence-corrected chi connectivity index (χ3v) is 7.68. The number of rotatable bonds is 10. The smallest absolute Gasteiger partial charge is 0.341 e. The zero-order chi connectivity index (χ0) is 25.7. The number of esters is 1. The van der Waals surface area contributed by atoms with Gasteiger partial charge in [0.2, 0.25) is 5.91 Å². The van der Waals surface area contributed by atoms with Gasteiger partial charge < -0.3 is 19.4 Å². The van der Waals surface area contributed by atoms with Gasteiger partial charge in [-0.3, -0.25) is 4.79 Å². The van der Waals surface area contributed by atoms with E-state index in [1.54, 1.807) is 6.92 Å². The van der Waals surface area contributed by atoms with Crippen molar-refractivity contribution in [3.63, 3.8) is 0 Å². The number of nitrogens with zero attached hydrogens (tertiary/aromatic N) is 3. The minimum Gasteiger partial charge on any atom is -0.483 e. The van der Waals surface area contributed by atoms with Crippen LogP contribution in [0.2, 0.25) is 0 Å². The highest BCUT2D eigenvalue weighted by atomic mass is 32.2. The first-order chi connectivity index (χ1) is 16.6. The van der Waals surface area contributed by atoms with Crippen LogP contribution in [-0.4, -0.2) is 39.0 Å². The van der Waals surface area contributed by atoms with Crippen molar-refractivity contribution in [2.45, 2.75) is 58.7 Å². The minimum absolute atomic E-state index is 0.121. The van der Waals surface area contributed by atoms with Crippen LogP contribution in [-0.2, 0) is 16.6 Å². The van der Waals surface area contributed by atoms with Crippen LogP contribution in [0.15, 0.2) is 29.4 Å². The summed E-state index contributed by atoms with van der Waals surface area (Å²) >= 11 is 2.64. The Morgan fingerprint density at radius 1 is 1.14 bits per heavy atom. The molecule has 3 aromatic rings. The molecule has 0 aliphatic heterocycles. The number of benzene rings is 1. The highest BCUT2D eigenvalue weighted by Crippen LogP contribution is 2.33. The predicted molar refractivity (Wildman–Crippen MR) is 140 cm³/mol. The van der Waals surface area contributed by atoms with Gasteiger partial charge in [0.15, 0.2) is 17.1 Å². The summed E-state index contributed by atoms with van der Waals surface area (Å²) in [7, 11) is 1.85. The molecule has 2 heterocycles. The molecule has 0 saturated carbocycles. The van der Waals surface area contributed by atoms with E-state index < -0.39 is 5.97 Å². The number of carbonyl (C=O) groups is 2. The lowest BCUT2D eigenvalue weighted by Crippen LogP contribution is -2.17. The second kappa shape index (κ2) is 11.7. The average molecular weight is 517 g/mol. The first kappa shape index (κ1) is 26.7. The van der Waals surface area contributed by atoms with Gasteiger partial charge in [-0.25, -0.2) is 4.79 Å². The van der Waals surface area contributed by atoms with Crippen molar-refractivity contribution in [3.8, 4) is 5.75 Å². The standard InChI is InChI=1S/C25H32N4O4S2/c1-8-32-24(31)21-15(4)17(6)35-23(21)26-20(30)13-34-25-28-27-22(29(25)7)16(5)33-19-11-9-18(10-12-19)14(2)3/h9-12,14,16H,8,13H2,1-7H3,(H,26,30). The molecule has 2 aromatic heterocycles. The topological polar surface area (TPSA) is 95.3 Å². The Bertz CT molecular complexity index is 1190. The van der Waals surface area contributed by atoms with Gasteiger partial charge in [0.25, 0.3) is 0 Å². The normalized spacial score (nSPS) is 12.0. The van der Waals surface area contributed by atoms with Crippen LogP contribution in [0.1, 0.15) is 71.9 Å². The molecule has 1 amide bonds. The van der Waals surface area contributed by atoms with Gasteiger partial charge >= 0.3 is 5.97 Å². The van der Waals surface area contributed by atoms with E-state index >= 15 is 0 Å². The number of anilines is 1. The number of nitrogens with one attached hydrogen (secondary N) is 1. The molecule has 188 valence electrons. The van der Waals surface area contributed by atoms with Crippen LogP contribution in [0.4, 0.5) is 5.00 Å². The van der Waals surface area contributed by atoms with Gasteiger partial charge in [0, 0.05) is 11.9 Å². The van der Waals surface area contributed by atoms with Gasteiger partial charge in [-0.15, -0.1) is 21.5 Å². The second-order valence-corrected chi connectivity index (χ2v) is 10.6. The number of ether oxygens (including phenoxy) is 2. The maximum absolute atomic E-state index is 12.6. The van der Waals surface area contributed by atoms with E-state index in [9.17, 15) is 9.59 Å². The molecule has 35 heavy (non-hydrogen) atoms. The van der Waals surface area contributed by atoms with E-state index in [0.29, 0.717) is 27.5 Å². The lowest BCUT2D eigenvalue weighted by Gasteiger charge is -2.15. The van der Waals surface area contributed by atoms with Gasteiger partial charge in [-0.05, 0) is 56.9 Å². The van der Waals surface area contributed by atoms with Crippen LogP contribution >= 0.6 is 23.1 Å². The average Bonchev–Trinajstić information content (AvgIpc) is 3.31. The summed E-state index contributed by atoms with van der Waals surface area (Å²) in [6.45, 7) is 12.0. The lowest BCUT2D eigenvalue weighted by atomic mass is 10.0. The summed E-state index contributed by atoms with van der Waals surface area (Å²) in [6, 6.07) is 8.04. The first-order valence-corrected chi connectivity index (χ1v) is 13.3. The zero-order valence-corrected chi connectivity index (χ0v) is 22.8. The quantitative estimate of drug-likeness (QED) is 0.274. The third kappa shape index (κ3) is 6.43.